The molecule has 3 aromatic heterocycles. The van der Waals surface area contributed by atoms with Crippen LogP contribution in [0.25, 0.3) is 4.96 Å². The lowest BCUT2D eigenvalue weighted by Crippen LogP contribution is -2.17. The Hall–Kier alpha value is -1.65. The fraction of sp³-hybridized carbons (Fsp3) is 0.273. The second-order valence-corrected chi connectivity index (χ2v) is 7.56. The van der Waals surface area contributed by atoms with Crippen LogP contribution in [0.2, 0.25) is 0 Å². The number of imidazole rings is 1. The van der Waals surface area contributed by atoms with Gasteiger partial charge < -0.3 is 5.32 Å². The van der Waals surface area contributed by atoms with Crippen molar-refractivity contribution in [1.29, 1.82) is 0 Å². The number of fused-ring (bicyclic) bond motifs is 1. The first-order chi connectivity index (χ1) is 10.1. The SMILES string of the molecule is CCCNc1nc2sccn2c1S(=O)(=O)Nc1nccs1. The van der Waals surface area contributed by atoms with Crippen molar-refractivity contribution in [3.63, 3.8) is 0 Å². The van der Waals surface area contributed by atoms with Crippen LogP contribution >= 0.6 is 22.7 Å². The van der Waals surface area contributed by atoms with Crippen LogP contribution < -0.4 is 10.0 Å². The molecule has 0 saturated carbocycles. The molecule has 10 heteroatoms. The minimum absolute atomic E-state index is 0.113. The molecule has 21 heavy (non-hydrogen) atoms. The standard InChI is InChI=1S/C11H13N5O2S3/c1-2-3-12-8-9(16-5-7-20-11(16)14-8)21(17,18)15-10-13-4-6-19-10/h4-7,12H,2-3H2,1H3,(H,13,15). The van der Waals surface area contributed by atoms with Gasteiger partial charge in [-0.1, -0.05) is 6.92 Å². The van der Waals surface area contributed by atoms with Crippen molar-refractivity contribution in [3.05, 3.63) is 23.2 Å². The number of thiazole rings is 2. The fourth-order valence-electron chi connectivity index (χ4n) is 1.82. The topological polar surface area (TPSA) is 88.4 Å². The lowest BCUT2D eigenvalue weighted by atomic mass is 10.5. The second-order valence-electron chi connectivity index (χ2n) is 4.19. The van der Waals surface area contributed by atoms with Crippen molar-refractivity contribution >= 4 is 48.6 Å². The van der Waals surface area contributed by atoms with E-state index in [0.29, 0.717) is 22.5 Å². The molecule has 0 bridgehead atoms. The summed E-state index contributed by atoms with van der Waals surface area (Å²) in [6.45, 7) is 2.66. The number of sulfonamides is 1. The smallest absolute Gasteiger partial charge is 0.283 e. The molecule has 0 spiro atoms. The minimum Gasteiger partial charge on any atom is -0.368 e. The molecule has 3 rings (SSSR count). The fourth-order valence-corrected chi connectivity index (χ4v) is 4.64. The molecule has 0 saturated heterocycles. The summed E-state index contributed by atoms with van der Waals surface area (Å²) in [6, 6.07) is 0. The van der Waals surface area contributed by atoms with E-state index in [-0.39, 0.29) is 5.03 Å². The van der Waals surface area contributed by atoms with E-state index < -0.39 is 10.0 Å². The third-order valence-corrected chi connectivity index (χ3v) is 5.60. The Labute approximate surface area is 129 Å². The second kappa shape index (κ2) is 5.62. The first-order valence-electron chi connectivity index (χ1n) is 6.23. The van der Waals surface area contributed by atoms with Gasteiger partial charge in [-0.3, -0.25) is 9.12 Å². The van der Waals surface area contributed by atoms with E-state index in [2.05, 4.69) is 20.0 Å². The molecule has 0 aromatic carbocycles. The molecule has 3 heterocycles. The van der Waals surface area contributed by atoms with E-state index in [4.69, 9.17) is 0 Å². The molecule has 0 aliphatic rings. The van der Waals surface area contributed by atoms with Gasteiger partial charge in [-0.15, -0.1) is 22.7 Å². The highest BCUT2D eigenvalue weighted by atomic mass is 32.2. The Morgan fingerprint density at radius 2 is 2.19 bits per heavy atom. The molecule has 2 N–H and O–H groups in total. The van der Waals surface area contributed by atoms with Gasteiger partial charge in [0.15, 0.2) is 15.9 Å². The van der Waals surface area contributed by atoms with Crippen LogP contribution in [0.15, 0.2) is 28.2 Å². The van der Waals surface area contributed by atoms with Gasteiger partial charge in [-0.2, -0.15) is 8.42 Å². The number of rotatable bonds is 6. The molecular weight excluding hydrogens is 330 g/mol. The molecule has 0 aliphatic carbocycles. The highest BCUT2D eigenvalue weighted by Crippen LogP contribution is 2.27. The summed E-state index contributed by atoms with van der Waals surface area (Å²) < 4.78 is 29.3. The average molecular weight is 343 g/mol. The van der Waals surface area contributed by atoms with E-state index in [1.54, 1.807) is 27.6 Å². The highest BCUT2D eigenvalue weighted by Gasteiger charge is 2.26. The molecule has 0 fully saturated rings. The maximum atomic E-state index is 12.6. The predicted molar refractivity (Wildman–Crippen MR) is 84.8 cm³/mol. The molecule has 0 amide bonds. The molecular formula is C11H13N5O2S3. The Kier molecular flexibility index (Phi) is 3.83. The largest absolute Gasteiger partial charge is 0.368 e. The van der Waals surface area contributed by atoms with Crippen LogP contribution in [-0.4, -0.2) is 29.3 Å². The number of aromatic nitrogens is 3. The van der Waals surface area contributed by atoms with Gasteiger partial charge in [0.1, 0.15) is 0 Å². The van der Waals surface area contributed by atoms with Gasteiger partial charge in [0.05, 0.1) is 0 Å². The summed E-state index contributed by atoms with van der Waals surface area (Å²) in [5, 5.41) is 7.02. The lowest BCUT2D eigenvalue weighted by Gasteiger charge is -2.07. The summed E-state index contributed by atoms with van der Waals surface area (Å²) in [5.74, 6) is 0.368. The van der Waals surface area contributed by atoms with Gasteiger partial charge in [0.2, 0.25) is 5.03 Å². The summed E-state index contributed by atoms with van der Waals surface area (Å²) >= 11 is 2.62. The molecule has 0 atom stereocenters. The Balaban J connectivity index is 2.06. The van der Waals surface area contributed by atoms with E-state index in [9.17, 15) is 8.42 Å². The summed E-state index contributed by atoms with van der Waals surface area (Å²) in [6.07, 6.45) is 4.13. The monoisotopic (exact) mass is 343 g/mol. The third kappa shape index (κ3) is 2.74. The van der Waals surface area contributed by atoms with Gasteiger partial charge in [0, 0.05) is 29.7 Å². The van der Waals surface area contributed by atoms with E-state index >= 15 is 0 Å². The first-order valence-corrected chi connectivity index (χ1v) is 9.48. The van der Waals surface area contributed by atoms with Gasteiger partial charge in [0.25, 0.3) is 10.0 Å². The normalized spacial score (nSPS) is 11.9. The van der Waals surface area contributed by atoms with Crippen LogP contribution in [0.3, 0.4) is 0 Å². The van der Waals surface area contributed by atoms with Crippen LogP contribution in [0, 0.1) is 0 Å². The molecule has 0 aliphatic heterocycles. The minimum atomic E-state index is -3.75. The Morgan fingerprint density at radius 1 is 1.33 bits per heavy atom. The van der Waals surface area contributed by atoms with Gasteiger partial charge in [-0.25, -0.2) is 9.97 Å². The molecule has 0 unspecified atom stereocenters. The van der Waals surface area contributed by atoms with Crippen molar-refractivity contribution in [2.45, 2.75) is 18.4 Å². The lowest BCUT2D eigenvalue weighted by molar-refractivity contribution is 0.597. The maximum Gasteiger partial charge on any atom is 0.283 e. The van der Waals surface area contributed by atoms with E-state index in [1.807, 2.05) is 6.92 Å². The predicted octanol–water partition coefficient (Wildman–Crippen LogP) is 2.48. The summed E-state index contributed by atoms with van der Waals surface area (Å²) in [4.78, 5) is 8.92. The number of hydrogen-bond acceptors (Lipinski definition) is 7. The van der Waals surface area contributed by atoms with Gasteiger partial charge in [-0.05, 0) is 6.42 Å². The van der Waals surface area contributed by atoms with Crippen molar-refractivity contribution in [2.24, 2.45) is 0 Å². The molecule has 7 nitrogen and oxygen atoms in total. The van der Waals surface area contributed by atoms with Crippen molar-refractivity contribution in [1.82, 2.24) is 14.4 Å². The van der Waals surface area contributed by atoms with Crippen molar-refractivity contribution in [3.8, 4) is 0 Å². The summed E-state index contributed by atoms with van der Waals surface area (Å²) in [5.41, 5.74) is 0. The Bertz CT molecular complexity index is 835. The van der Waals surface area contributed by atoms with Gasteiger partial charge >= 0.3 is 0 Å². The number of hydrogen-bond donors (Lipinski definition) is 2. The first kappa shape index (κ1) is 14.3. The quantitative estimate of drug-likeness (QED) is 0.718. The molecule has 112 valence electrons. The number of nitrogens with zero attached hydrogens (tertiary/aromatic N) is 3. The van der Waals surface area contributed by atoms with Crippen LogP contribution in [0.5, 0.6) is 0 Å². The van der Waals surface area contributed by atoms with E-state index in [1.165, 1.54) is 22.7 Å². The van der Waals surface area contributed by atoms with Crippen molar-refractivity contribution < 1.29 is 8.42 Å². The zero-order chi connectivity index (χ0) is 14.9. The number of nitrogens with one attached hydrogen (secondary N) is 2. The van der Waals surface area contributed by atoms with E-state index in [0.717, 1.165) is 6.42 Å². The maximum absolute atomic E-state index is 12.6. The molecule has 3 aromatic rings. The molecule has 0 radical (unpaired) electrons. The average Bonchev–Trinajstić information content (AvgIpc) is 3.10. The zero-order valence-corrected chi connectivity index (χ0v) is 13.6. The van der Waals surface area contributed by atoms with Crippen LogP contribution in [-0.2, 0) is 10.0 Å². The summed E-state index contributed by atoms with van der Waals surface area (Å²) in [7, 11) is -3.75. The third-order valence-electron chi connectivity index (χ3n) is 2.67. The highest BCUT2D eigenvalue weighted by molar-refractivity contribution is 7.93. The van der Waals surface area contributed by atoms with Crippen LogP contribution in [0.1, 0.15) is 13.3 Å². The van der Waals surface area contributed by atoms with Crippen LogP contribution in [0.4, 0.5) is 10.9 Å². The van der Waals surface area contributed by atoms with Crippen molar-refractivity contribution in [2.75, 3.05) is 16.6 Å². The Morgan fingerprint density at radius 3 is 2.90 bits per heavy atom. The zero-order valence-electron chi connectivity index (χ0n) is 11.1. The number of anilines is 2.